The first-order valence-electron chi connectivity index (χ1n) is 8.80. The third-order valence-electron chi connectivity index (χ3n) is 4.24. The number of nitrogens with one attached hydrogen (secondary N) is 1. The molecule has 0 spiro atoms. The van der Waals surface area contributed by atoms with E-state index in [1.54, 1.807) is 36.3 Å². The van der Waals surface area contributed by atoms with Crippen LogP contribution < -0.4 is 5.32 Å². The van der Waals surface area contributed by atoms with Crippen LogP contribution in [0.2, 0.25) is 0 Å². The van der Waals surface area contributed by atoms with Crippen LogP contribution in [-0.4, -0.2) is 23.3 Å². The summed E-state index contributed by atoms with van der Waals surface area (Å²) >= 11 is 0. The van der Waals surface area contributed by atoms with Crippen LogP contribution in [0.3, 0.4) is 0 Å². The number of hydrogen-bond donors (Lipinski definition) is 1. The van der Waals surface area contributed by atoms with Gasteiger partial charge < -0.3 is 19.1 Å². The highest BCUT2D eigenvalue weighted by Gasteiger charge is 2.21. The zero-order valence-electron chi connectivity index (χ0n) is 15.2. The summed E-state index contributed by atoms with van der Waals surface area (Å²) in [6, 6.07) is 14.9. The zero-order chi connectivity index (χ0) is 19.1. The Morgan fingerprint density at radius 1 is 1.00 bits per heavy atom. The summed E-state index contributed by atoms with van der Waals surface area (Å²) in [6.07, 6.45) is 3.25. The van der Waals surface area contributed by atoms with Crippen molar-refractivity contribution in [3.05, 3.63) is 83.7 Å². The van der Waals surface area contributed by atoms with E-state index in [1.165, 1.54) is 6.26 Å². The topological polar surface area (TPSA) is 75.7 Å². The van der Waals surface area contributed by atoms with E-state index in [1.807, 2.05) is 30.3 Å². The van der Waals surface area contributed by atoms with E-state index in [0.29, 0.717) is 30.2 Å². The van der Waals surface area contributed by atoms with Crippen molar-refractivity contribution in [2.75, 3.05) is 6.54 Å². The van der Waals surface area contributed by atoms with Crippen molar-refractivity contribution in [2.45, 2.75) is 26.4 Å². The Morgan fingerprint density at radius 3 is 2.48 bits per heavy atom. The van der Waals surface area contributed by atoms with E-state index in [4.69, 9.17) is 8.83 Å². The number of nitrogens with zero attached hydrogens (tertiary/aromatic N) is 1. The number of amides is 2. The number of carbonyl (C=O) groups excluding carboxylic acids is 2. The van der Waals surface area contributed by atoms with Gasteiger partial charge in [-0.15, -0.1) is 0 Å². The van der Waals surface area contributed by atoms with E-state index in [2.05, 4.69) is 5.32 Å². The zero-order valence-corrected chi connectivity index (χ0v) is 15.2. The molecule has 0 unspecified atom stereocenters. The fourth-order valence-corrected chi connectivity index (χ4v) is 2.74. The van der Waals surface area contributed by atoms with Gasteiger partial charge in [0.1, 0.15) is 11.5 Å². The summed E-state index contributed by atoms with van der Waals surface area (Å²) in [6.45, 7) is 2.78. The molecule has 1 N–H and O–H groups in total. The van der Waals surface area contributed by atoms with Gasteiger partial charge in [0, 0.05) is 19.5 Å². The Bertz CT molecular complexity index is 869. The molecule has 6 heteroatoms. The van der Waals surface area contributed by atoms with Gasteiger partial charge in [-0.25, -0.2) is 0 Å². The Labute approximate surface area is 157 Å². The minimum atomic E-state index is -0.187. The van der Waals surface area contributed by atoms with Crippen LogP contribution in [0.4, 0.5) is 0 Å². The van der Waals surface area contributed by atoms with Crippen LogP contribution in [0, 0.1) is 6.92 Å². The van der Waals surface area contributed by atoms with E-state index in [0.717, 1.165) is 5.56 Å². The van der Waals surface area contributed by atoms with Crippen LogP contribution in [-0.2, 0) is 17.9 Å². The molecule has 0 radical (unpaired) electrons. The third kappa shape index (κ3) is 5.10. The average molecular weight is 366 g/mol. The van der Waals surface area contributed by atoms with E-state index in [-0.39, 0.29) is 24.8 Å². The quantitative estimate of drug-likeness (QED) is 0.662. The largest absolute Gasteiger partial charge is 0.469 e. The van der Waals surface area contributed by atoms with Crippen LogP contribution in [0.25, 0.3) is 0 Å². The molecule has 27 heavy (non-hydrogen) atoms. The standard InChI is InChI=1S/C21H22N2O4/c1-16-19(10-13-26-16)21(25)23(15-18-8-5-12-27-18)11-9-20(24)22-14-17-6-3-2-4-7-17/h2-8,10,12-13H,9,11,14-15H2,1H3,(H,22,24). The number of benzene rings is 1. The molecule has 0 saturated carbocycles. The van der Waals surface area contributed by atoms with Gasteiger partial charge in [-0.2, -0.15) is 0 Å². The highest BCUT2D eigenvalue weighted by molar-refractivity contribution is 5.95. The maximum atomic E-state index is 12.8. The summed E-state index contributed by atoms with van der Waals surface area (Å²) < 4.78 is 10.6. The lowest BCUT2D eigenvalue weighted by atomic mass is 10.2. The van der Waals surface area contributed by atoms with Crippen molar-refractivity contribution in [1.82, 2.24) is 10.2 Å². The Morgan fingerprint density at radius 2 is 1.81 bits per heavy atom. The van der Waals surface area contributed by atoms with Crippen molar-refractivity contribution < 1.29 is 18.4 Å². The molecule has 3 rings (SSSR count). The van der Waals surface area contributed by atoms with Gasteiger partial charge >= 0.3 is 0 Å². The predicted molar refractivity (Wildman–Crippen MR) is 99.8 cm³/mol. The summed E-state index contributed by atoms with van der Waals surface area (Å²) in [4.78, 5) is 26.6. The fraction of sp³-hybridized carbons (Fsp3) is 0.238. The lowest BCUT2D eigenvalue weighted by Gasteiger charge is -2.21. The molecular formula is C21H22N2O4. The highest BCUT2D eigenvalue weighted by atomic mass is 16.3. The summed E-state index contributed by atoms with van der Waals surface area (Å²) in [5.41, 5.74) is 1.52. The first-order chi connectivity index (χ1) is 13.1. The Hall–Kier alpha value is -3.28. The molecule has 0 bridgehead atoms. The molecule has 2 heterocycles. The van der Waals surface area contributed by atoms with Crippen molar-refractivity contribution in [3.63, 3.8) is 0 Å². The first kappa shape index (κ1) is 18.5. The van der Waals surface area contributed by atoms with Crippen molar-refractivity contribution in [3.8, 4) is 0 Å². The molecule has 0 aliphatic heterocycles. The summed E-state index contributed by atoms with van der Waals surface area (Å²) in [7, 11) is 0. The lowest BCUT2D eigenvalue weighted by Crippen LogP contribution is -2.34. The molecule has 6 nitrogen and oxygen atoms in total. The van der Waals surface area contributed by atoms with E-state index < -0.39 is 0 Å². The number of rotatable bonds is 8. The van der Waals surface area contributed by atoms with Gasteiger partial charge in [-0.05, 0) is 30.7 Å². The third-order valence-corrected chi connectivity index (χ3v) is 4.24. The second-order valence-corrected chi connectivity index (χ2v) is 6.21. The van der Waals surface area contributed by atoms with Gasteiger partial charge in [-0.3, -0.25) is 9.59 Å². The van der Waals surface area contributed by atoms with Crippen molar-refractivity contribution in [1.29, 1.82) is 0 Å². The summed E-state index contributed by atoms with van der Waals surface area (Å²) in [5, 5.41) is 2.88. The highest BCUT2D eigenvalue weighted by Crippen LogP contribution is 2.15. The SMILES string of the molecule is Cc1occc1C(=O)N(CCC(=O)NCc1ccccc1)Cc1ccco1. The molecule has 1 aromatic carbocycles. The molecule has 3 aromatic rings. The first-order valence-corrected chi connectivity index (χ1v) is 8.80. The van der Waals surface area contributed by atoms with E-state index >= 15 is 0 Å². The Balaban J connectivity index is 1.60. The Kier molecular flexibility index (Phi) is 6.10. The van der Waals surface area contributed by atoms with Crippen molar-refractivity contribution in [2.24, 2.45) is 0 Å². The normalized spacial score (nSPS) is 10.6. The minimum absolute atomic E-state index is 0.111. The fourth-order valence-electron chi connectivity index (χ4n) is 2.74. The molecule has 2 amide bonds. The molecule has 140 valence electrons. The van der Waals surface area contributed by atoms with E-state index in [9.17, 15) is 9.59 Å². The van der Waals surface area contributed by atoms with Crippen LogP contribution >= 0.6 is 0 Å². The molecule has 0 aliphatic rings. The second kappa shape index (κ2) is 8.89. The maximum Gasteiger partial charge on any atom is 0.257 e. The number of aryl methyl sites for hydroxylation is 1. The van der Waals surface area contributed by atoms with Gasteiger partial charge in [0.25, 0.3) is 5.91 Å². The van der Waals surface area contributed by atoms with Crippen LogP contribution in [0.5, 0.6) is 0 Å². The van der Waals surface area contributed by atoms with Crippen LogP contribution in [0.15, 0.2) is 69.9 Å². The monoisotopic (exact) mass is 366 g/mol. The minimum Gasteiger partial charge on any atom is -0.469 e. The smallest absolute Gasteiger partial charge is 0.257 e. The van der Waals surface area contributed by atoms with Gasteiger partial charge in [0.05, 0.1) is 24.6 Å². The predicted octanol–water partition coefficient (Wildman–Crippen LogP) is 3.53. The molecule has 0 saturated heterocycles. The number of furan rings is 2. The van der Waals surface area contributed by atoms with Gasteiger partial charge in [-0.1, -0.05) is 30.3 Å². The second-order valence-electron chi connectivity index (χ2n) is 6.21. The molecule has 2 aromatic heterocycles. The maximum absolute atomic E-state index is 12.8. The molecule has 0 aliphatic carbocycles. The number of carbonyl (C=O) groups is 2. The molecule has 0 atom stereocenters. The van der Waals surface area contributed by atoms with Crippen LogP contribution in [0.1, 0.15) is 33.9 Å². The molecular weight excluding hydrogens is 344 g/mol. The number of hydrogen-bond acceptors (Lipinski definition) is 4. The average Bonchev–Trinajstić information content (AvgIpc) is 3.35. The lowest BCUT2D eigenvalue weighted by molar-refractivity contribution is -0.121. The van der Waals surface area contributed by atoms with Gasteiger partial charge in [0.15, 0.2) is 0 Å². The molecule has 0 fully saturated rings. The summed E-state index contributed by atoms with van der Waals surface area (Å²) in [5.74, 6) is 0.917. The van der Waals surface area contributed by atoms with Gasteiger partial charge in [0.2, 0.25) is 5.91 Å². The van der Waals surface area contributed by atoms with Crippen molar-refractivity contribution >= 4 is 11.8 Å².